The number of likely N-dealkylation sites (tertiary alicyclic amines) is 1. The number of rotatable bonds is 9. The summed E-state index contributed by atoms with van der Waals surface area (Å²) in [4.78, 5) is 44.0. The number of nitrogens with zero attached hydrogens (tertiary/aromatic N) is 3. The summed E-state index contributed by atoms with van der Waals surface area (Å²) in [6, 6.07) is 16.8. The van der Waals surface area contributed by atoms with Crippen molar-refractivity contribution in [2.24, 2.45) is 11.8 Å². The van der Waals surface area contributed by atoms with Crippen molar-refractivity contribution < 1.29 is 23.8 Å². The van der Waals surface area contributed by atoms with Crippen molar-refractivity contribution >= 4 is 12.0 Å². The molecule has 1 aliphatic carbocycles. The lowest BCUT2D eigenvalue weighted by Gasteiger charge is -2.39. The van der Waals surface area contributed by atoms with Gasteiger partial charge in [-0.05, 0) is 57.6 Å². The summed E-state index contributed by atoms with van der Waals surface area (Å²) < 4.78 is 22.4. The monoisotopic (exact) mass is 659 g/mol. The number of pyridine rings is 1. The second kappa shape index (κ2) is 15.1. The first kappa shape index (κ1) is 35.3. The summed E-state index contributed by atoms with van der Waals surface area (Å²) in [5.41, 5.74) is -1.14. The number of carbonyl (C=O) groups excluding carboxylic acids is 2. The molecule has 258 valence electrons. The van der Waals surface area contributed by atoms with Gasteiger partial charge in [0.2, 0.25) is 5.91 Å². The molecule has 1 saturated carbocycles. The van der Waals surface area contributed by atoms with Gasteiger partial charge in [0.25, 0.3) is 5.56 Å². The summed E-state index contributed by atoms with van der Waals surface area (Å²) in [5.74, 6) is 0.134. The molecule has 0 spiro atoms. The third-order valence-corrected chi connectivity index (χ3v) is 9.97. The average molecular weight is 660 g/mol. The molecule has 2 aliphatic rings. The second-order valence-corrected chi connectivity index (χ2v) is 14.8. The molecule has 2 heterocycles. The third-order valence-electron chi connectivity index (χ3n) is 9.97. The number of ether oxygens (including phenoxy) is 1. The van der Waals surface area contributed by atoms with Gasteiger partial charge < -0.3 is 19.3 Å². The zero-order valence-electron chi connectivity index (χ0n) is 28.8. The molecule has 9 heteroatoms. The van der Waals surface area contributed by atoms with Gasteiger partial charge in [0.15, 0.2) is 5.75 Å². The Hall–Kier alpha value is -3.98. The predicted molar refractivity (Wildman–Crippen MR) is 185 cm³/mol. The molecule has 1 N–H and O–H groups in total. The molecule has 1 aromatic heterocycles. The van der Waals surface area contributed by atoms with Gasteiger partial charge in [0.1, 0.15) is 5.82 Å². The Morgan fingerprint density at radius 3 is 2.29 bits per heavy atom. The zero-order chi connectivity index (χ0) is 34.5. The first-order valence-electron chi connectivity index (χ1n) is 17.4. The Morgan fingerprint density at radius 2 is 1.65 bits per heavy atom. The maximum Gasteiger partial charge on any atom is 0.416 e. The molecule has 1 atom stereocenters. The molecule has 1 aliphatic heterocycles. The van der Waals surface area contributed by atoms with E-state index < -0.39 is 28.6 Å². The molecule has 0 unspecified atom stereocenters. The molecule has 0 bridgehead atoms. The number of halogens is 1. The van der Waals surface area contributed by atoms with Crippen LogP contribution < -0.4 is 10.3 Å². The van der Waals surface area contributed by atoms with Crippen LogP contribution in [0.1, 0.15) is 84.6 Å². The van der Waals surface area contributed by atoms with E-state index in [0.29, 0.717) is 31.8 Å². The smallest absolute Gasteiger partial charge is 0.408 e. The number of aliphatic hydroxyl groups is 1. The van der Waals surface area contributed by atoms with Crippen molar-refractivity contribution in [1.29, 1.82) is 0 Å². The van der Waals surface area contributed by atoms with E-state index >= 15 is 4.39 Å². The van der Waals surface area contributed by atoms with Gasteiger partial charge in [-0.3, -0.25) is 14.5 Å². The number of carbonyl (C=O) groups is 2. The minimum atomic E-state index is -1.25. The number of hydrogen-bond donors (Lipinski definition) is 1. The van der Waals surface area contributed by atoms with E-state index in [1.807, 2.05) is 62.9 Å². The molecule has 2 aromatic carbocycles. The van der Waals surface area contributed by atoms with Gasteiger partial charge in [-0.1, -0.05) is 87.6 Å². The molecule has 48 heavy (non-hydrogen) atoms. The minimum absolute atomic E-state index is 0.0137. The van der Waals surface area contributed by atoms with E-state index in [1.54, 1.807) is 17.0 Å². The van der Waals surface area contributed by atoms with E-state index in [1.165, 1.54) is 61.1 Å². The van der Waals surface area contributed by atoms with Crippen molar-refractivity contribution in [1.82, 2.24) is 14.4 Å². The van der Waals surface area contributed by atoms with Gasteiger partial charge in [-0.2, -0.15) is 0 Å². The SMILES string of the molecule is C[C@H](CC1CCCCC1)C(=O)N1CCC(O)(Cn2cc(OC(=O)N(Cc3ccccc3)C(C)(C)C)c(-c3ccccc3F)cc2=O)CC1. The fourth-order valence-corrected chi connectivity index (χ4v) is 7.09. The highest BCUT2D eigenvalue weighted by atomic mass is 19.1. The van der Waals surface area contributed by atoms with Crippen LogP contribution in [0, 0.1) is 17.7 Å². The topological polar surface area (TPSA) is 92.1 Å². The number of piperidine rings is 1. The maximum absolute atomic E-state index is 15.1. The first-order chi connectivity index (χ1) is 22.8. The zero-order valence-corrected chi connectivity index (χ0v) is 28.8. The standard InChI is InChI=1S/C39H50FN3O5/c1-28(23-29-13-7-5-8-14-29)36(45)41-21-19-39(47,20-22-41)27-42-26-34(32(24-35(42)44)31-17-11-12-18-33(31)40)48-37(46)43(38(2,3)4)25-30-15-9-6-10-16-30/h6,9-12,15-18,24,26,28-29,47H,5,7-8,13-14,19-23,25,27H2,1-4H3/t28-/m1/s1. The Bertz CT molecular complexity index is 1620. The van der Waals surface area contributed by atoms with Gasteiger partial charge in [0.05, 0.1) is 18.3 Å². The molecule has 8 nitrogen and oxygen atoms in total. The van der Waals surface area contributed by atoms with Crippen LogP contribution in [-0.4, -0.2) is 55.7 Å². The predicted octanol–water partition coefficient (Wildman–Crippen LogP) is 7.41. The number of amides is 2. The quantitative estimate of drug-likeness (QED) is 0.258. The van der Waals surface area contributed by atoms with E-state index in [9.17, 15) is 19.5 Å². The third kappa shape index (κ3) is 8.73. The molecule has 2 amide bonds. The van der Waals surface area contributed by atoms with Crippen molar-refractivity contribution in [3.05, 3.63) is 88.6 Å². The van der Waals surface area contributed by atoms with Crippen molar-refractivity contribution in [2.75, 3.05) is 13.1 Å². The van der Waals surface area contributed by atoms with Gasteiger partial charge in [-0.25, -0.2) is 9.18 Å². The first-order valence-corrected chi connectivity index (χ1v) is 17.4. The fraction of sp³-hybridized carbons (Fsp3) is 0.513. The highest BCUT2D eigenvalue weighted by Crippen LogP contribution is 2.34. The largest absolute Gasteiger partial charge is 0.416 e. The molecule has 1 saturated heterocycles. The highest BCUT2D eigenvalue weighted by Gasteiger charge is 2.37. The maximum atomic E-state index is 15.1. The summed E-state index contributed by atoms with van der Waals surface area (Å²) in [5, 5.41) is 11.6. The van der Waals surface area contributed by atoms with E-state index in [-0.39, 0.29) is 41.8 Å². The van der Waals surface area contributed by atoms with Crippen LogP contribution >= 0.6 is 0 Å². The average Bonchev–Trinajstić information content (AvgIpc) is 3.05. The van der Waals surface area contributed by atoms with Crippen LogP contribution in [0.5, 0.6) is 5.75 Å². The van der Waals surface area contributed by atoms with E-state index in [0.717, 1.165) is 12.0 Å². The lowest BCUT2D eigenvalue weighted by atomic mass is 9.82. The van der Waals surface area contributed by atoms with Gasteiger partial charge >= 0.3 is 6.09 Å². The van der Waals surface area contributed by atoms with Crippen LogP contribution in [0.15, 0.2) is 71.7 Å². The van der Waals surface area contributed by atoms with Crippen LogP contribution in [0.25, 0.3) is 11.1 Å². The molecular formula is C39H50FN3O5. The van der Waals surface area contributed by atoms with E-state index in [2.05, 4.69) is 0 Å². The van der Waals surface area contributed by atoms with Crippen molar-refractivity contribution in [3.8, 4) is 16.9 Å². The summed E-state index contributed by atoms with van der Waals surface area (Å²) >= 11 is 0. The molecule has 5 rings (SSSR count). The van der Waals surface area contributed by atoms with Crippen LogP contribution in [0.4, 0.5) is 9.18 Å². The minimum Gasteiger partial charge on any atom is -0.408 e. The molecular weight excluding hydrogens is 609 g/mol. The van der Waals surface area contributed by atoms with Crippen LogP contribution in [-0.2, 0) is 17.9 Å². The lowest BCUT2D eigenvalue weighted by Crippen LogP contribution is -2.50. The summed E-state index contributed by atoms with van der Waals surface area (Å²) in [7, 11) is 0. The Labute approximate surface area is 283 Å². The van der Waals surface area contributed by atoms with Crippen molar-refractivity contribution in [2.45, 2.75) is 103 Å². The second-order valence-electron chi connectivity index (χ2n) is 14.8. The van der Waals surface area contributed by atoms with Crippen LogP contribution in [0.2, 0.25) is 0 Å². The van der Waals surface area contributed by atoms with Gasteiger partial charge in [-0.15, -0.1) is 0 Å². The number of hydrogen-bond acceptors (Lipinski definition) is 5. The Morgan fingerprint density at radius 1 is 1.00 bits per heavy atom. The lowest BCUT2D eigenvalue weighted by molar-refractivity contribution is -0.140. The molecule has 2 fully saturated rings. The summed E-state index contributed by atoms with van der Waals surface area (Å²) in [6.07, 6.45) is 8.42. The summed E-state index contributed by atoms with van der Waals surface area (Å²) in [6.45, 7) is 8.74. The number of benzene rings is 2. The Balaban J connectivity index is 1.35. The Kier molecular flexibility index (Phi) is 11.1. The molecule has 0 radical (unpaired) electrons. The molecule has 3 aromatic rings. The normalized spacial score (nSPS) is 17.5. The number of aromatic nitrogens is 1. The fourth-order valence-electron chi connectivity index (χ4n) is 7.09. The van der Waals surface area contributed by atoms with Crippen molar-refractivity contribution in [3.63, 3.8) is 0 Å². The van der Waals surface area contributed by atoms with E-state index in [4.69, 9.17) is 4.74 Å². The highest BCUT2D eigenvalue weighted by molar-refractivity contribution is 5.79. The van der Waals surface area contributed by atoms with Gasteiger partial charge in [0, 0.05) is 48.3 Å². The van der Waals surface area contributed by atoms with Crippen LogP contribution in [0.3, 0.4) is 0 Å².